The molecule has 0 radical (unpaired) electrons. The average Bonchev–Trinajstić information content (AvgIpc) is 2.43. The number of pyridine rings is 1. The fraction of sp³-hybridized carbons (Fsp3) is 0.250. The van der Waals surface area contributed by atoms with E-state index in [0.717, 1.165) is 22.6 Å². The van der Waals surface area contributed by atoms with E-state index in [1.54, 1.807) is 18.3 Å². The van der Waals surface area contributed by atoms with E-state index in [1.165, 1.54) is 0 Å². The lowest BCUT2D eigenvalue weighted by Gasteiger charge is -2.16. The molecule has 0 saturated heterocycles. The maximum atomic E-state index is 8.73. The van der Waals surface area contributed by atoms with E-state index in [2.05, 4.69) is 18.8 Å². The molecule has 1 heterocycles. The highest BCUT2D eigenvalue weighted by Gasteiger charge is 2.11. The van der Waals surface area contributed by atoms with Crippen LogP contribution in [0.25, 0.3) is 0 Å². The number of hydrogen-bond donors (Lipinski definition) is 1. The molecule has 0 unspecified atom stereocenters. The molecule has 0 aliphatic carbocycles. The summed E-state index contributed by atoms with van der Waals surface area (Å²) in [5, 5.41) is 8.73. The molecule has 2 rings (SSSR count). The molecule has 2 aromatic rings. The maximum Gasteiger partial charge on any atom is 0.145 e. The lowest BCUT2D eigenvalue weighted by molar-refractivity contribution is 0.470. The van der Waals surface area contributed by atoms with Crippen molar-refractivity contribution in [3.05, 3.63) is 47.3 Å². The van der Waals surface area contributed by atoms with Crippen LogP contribution in [-0.2, 0) is 0 Å². The van der Waals surface area contributed by atoms with Crippen LogP contribution < -0.4 is 10.5 Å². The van der Waals surface area contributed by atoms with Crippen molar-refractivity contribution in [3.63, 3.8) is 0 Å². The highest BCUT2D eigenvalue weighted by Crippen LogP contribution is 2.33. The molecule has 1 aromatic carbocycles. The normalized spacial score (nSPS) is 10.3. The molecule has 2 N–H and O–H groups in total. The minimum atomic E-state index is 0.305. The van der Waals surface area contributed by atoms with Crippen LogP contribution in [0.4, 0.5) is 5.69 Å². The highest BCUT2D eigenvalue weighted by atomic mass is 16.5. The van der Waals surface area contributed by atoms with Gasteiger partial charge in [-0.1, -0.05) is 13.8 Å². The van der Waals surface area contributed by atoms with Crippen LogP contribution in [0.3, 0.4) is 0 Å². The van der Waals surface area contributed by atoms with Crippen LogP contribution in [0.2, 0.25) is 0 Å². The Kier molecular flexibility index (Phi) is 3.90. The largest absolute Gasteiger partial charge is 0.455 e. The summed E-state index contributed by atoms with van der Waals surface area (Å²) in [6, 6.07) is 9.24. The second-order valence-corrected chi connectivity index (χ2v) is 4.99. The van der Waals surface area contributed by atoms with Crippen LogP contribution in [0, 0.1) is 18.3 Å². The minimum absolute atomic E-state index is 0.305. The highest BCUT2D eigenvalue weighted by molar-refractivity contribution is 5.55. The van der Waals surface area contributed by atoms with Gasteiger partial charge in [0.1, 0.15) is 23.3 Å². The van der Waals surface area contributed by atoms with Gasteiger partial charge in [-0.15, -0.1) is 0 Å². The molecule has 0 amide bonds. The van der Waals surface area contributed by atoms with Crippen LogP contribution in [0.15, 0.2) is 30.5 Å². The van der Waals surface area contributed by atoms with Gasteiger partial charge < -0.3 is 10.5 Å². The third kappa shape index (κ3) is 2.89. The molecule has 0 saturated carbocycles. The molecule has 4 nitrogen and oxygen atoms in total. The van der Waals surface area contributed by atoms with Gasteiger partial charge in [0.05, 0.1) is 6.20 Å². The van der Waals surface area contributed by atoms with Crippen LogP contribution in [0.1, 0.15) is 36.6 Å². The zero-order valence-electron chi connectivity index (χ0n) is 11.8. The van der Waals surface area contributed by atoms with Gasteiger partial charge in [-0.05, 0) is 48.2 Å². The second-order valence-electron chi connectivity index (χ2n) is 4.99. The number of nitrogen functional groups attached to an aromatic ring is 1. The summed E-state index contributed by atoms with van der Waals surface area (Å²) in [6.45, 7) is 6.13. The van der Waals surface area contributed by atoms with Crippen molar-refractivity contribution in [3.8, 4) is 17.6 Å². The third-order valence-corrected chi connectivity index (χ3v) is 3.10. The first kappa shape index (κ1) is 13.9. The number of aromatic nitrogens is 1. The number of nitrogens with two attached hydrogens (primary N) is 1. The average molecular weight is 267 g/mol. The Morgan fingerprint density at radius 3 is 2.60 bits per heavy atom. The summed E-state index contributed by atoms with van der Waals surface area (Å²) >= 11 is 0. The summed E-state index contributed by atoms with van der Waals surface area (Å²) in [5.74, 6) is 1.69. The number of rotatable bonds is 3. The van der Waals surface area contributed by atoms with E-state index in [4.69, 9.17) is 15.7 Å². The van der Waals surface area contributed by atoms with Crippen molar-refractivity contribution in [2.75, 3.05) is 5.73 Å². The summed E-state index contributed by atoms with van der Waals surface area (Å²) in [6.07, 6.45) is 1.55. The number of ether oxygens (including phenoxy) is 1. The number of benzene rings is 1. The van der Waals surface area contributed by atoms with Crippen LogP contribution >= 0.6 is 0 Å². The molecular formula is C16H17N3O. The predicted molar refractivity (Wildman–Crippen MR) is 78.7 cm³/mol. The number of hydrogen-bond acceptors (Lipinski definition) is 4. The van der Waals surface area contributed by atoms with Gasteiger partial charge in [0, 0.05) is 5.69 Å². The van der Waals surface area contributed by atoms with Gasteiger partial charge in [0.15, 0.2) is 0 Å². The first-order chi connectivity index (χ1) is 9.51. The number of aryl methyl sites for hydroxylation is 1. The second kappa shape index (κ2) is 5.62. The summed E-state index contributed by atoms with van der Waals surface area (Å²) in [7, 11) is 0. The van der Waals surface area contributed by atoms with E-state index in [-0.39, 0.29) is 0 Å². The molecule has 0 aliphatic heterocycles. The maximum absolute atomic E-state index is 8.73. The molecule has 0 fully saturated rings. The molecule has 102 valence electrons. The van der Waals surface area contributed by atoms with E-state index in [1.807, 2.05) is 25.1 Å². The fourth-order valence-corrected chi connectivity index (χ4v) is 1.89. The summed E-state index contributed by atoms with van der Waals surface area (Å²) in [4.78, 5) is 4.00. The molecule has 0 aliphatic rings. The lowest BCUT2D eigenvalue weighted by Crippen LogP contribution is -1.99. The summed E-state index contributed by atoms with van der Waals surface area (Å²) < 4.78 is 5.88. The van der Waals surface area contributed by atoms with Gasteiger partial charge in [0.25, 0.3) is 0 Å². The lowest BCUT2D eigenvalue weighted by atomic mass is 9.99. The first-order valence-electron chi connectivity index (χ1n) is 6.45. The molecule has 1 aromatic heterocycles. The Hall–Kier alpha value is -2.54. The SMILES string of the molecule is Cc1cc(Oc2ccc(C#N)nc2)c(C(C)C)cc1N. The van der Waals surface area contributed by atoms with Crippen LogP contribution in [-0.4, -0.2) is 4.98 Å². The third-order valence-electron chi connectivity index (χ3n) is 3.10. The monoisotopic (exact) mass is 267 g/mol. The number of nitrogens with zero attached hydrogens (tertiary/aromatic N) is 2. The molecule has 4 heteroatoms. The first-order valence-corrected chi connectivity index (χ1v) is 6.45. The predicted octanol–water partition coefficient (Wildman–Crippen LogP) is 3.76. The van der Waals surface area contributed by atoms with E-state index in [9.17, 15) is 0 Å². The van der Waals surface area contributed by atoms with Crippen molar-refractivity contribution < 1.29 is 4.74 Å². The number of anilines is 1. The number of nitriles is 1. The topological polar surface area (TPSA) is 71.9 Å². The van der Waals surface area contributed by atoms with E-state index >= 15 is 0 Å². The van der Waals surface area contributed by atoms with Gasteiger partial charge in [0.2, 0.25) is 0 Å². The molecule has 0 atom stereocenters. The Bertz CT molecular complexity index is 655. The Labute approximate surface area is 118 Å². The van der Waals surface area contributed by atoms with Crippen LogP contribution in [0.5, 0.6) is 11.5 Å². The molecule has 20 heavy (non-hydrogen) atoms. The quantitative estimate of drug-likeness (QED) is 0.859. The molecule has 0 bridgehead atoms. The van der Waals surface area contributed by atoms with E-state index < -0.39 is 0 Å². The Morgan fingerprint density at radius 1 is 1.30 bits per heavy atom. The molecular weight excluding hydrogens is 250 g/mol. The standard InChI is InChI=1S/C16H17N3O/c1-10(2)14-7-15(18)11(3)6-16(14)20-13-5-4-12(8-17)19-9-13/h4-7,9-10H,18H2,1-3H3. The fourth-order valence-electron chi connectivity index (χ4n) is 1.89. The zero-order valence-corrected chi connectivity index (χ0v) is 11.8. The Morgan fingerprint density at radius 2 is 2.05 bits per heavy atom. The molecule has 0 spiro atoms. The van der Waals surface area contributed by atoms with Crippen molar-refractivity contribution >= 4 is 5.69 Å². The van der Waals surface area contributed by atoms with Crippen molar-refractivity contribution in [2.45, 2.75) is 26.7 Å². The van der Waals surface area contributed by atoms with Crippen molar-refractivity contribution in [2.24, 2.45) is 0 Å². The Balaban J connectivity index is 2.36. The summed E-state index contributed by atoms with van der Waals surface area (Å²) in [5.41, 5.74) is 9.12. The van der Waals surface area contributed by atoms with E-state index in [0.29, 0.717) is 17.4 Å². The van der Waals surface area contributed by atoms with Gasteiger partial charge in [-0.2, -0.15) is 5.26 Å². The minimum Gasteiger partial charge on any atom is -0.455 e. The van der Waals surface area contributed by atoms with Gasteiger partial charge >= 0.3 is 0 Å². The van der Waals surface area contributed by atoms with Gasteiger partial charge in [-0.25, -0.2) is 4.98 Å². The van der Waals surface area contributed by atoms with Crippen molar-refractivity contribution in [1.82, 2.24) is 4.98 Å². The van der Waals surface area contributed by atoms with Crippen molar-refractivity contribution in [1.29, 1.82) is 5.26 Å². The zero-order chi connectivity index (χ0) is 14.7. The smallest absolute Gasteiger partial charge is 0.145 e. The van der Waals surface area contributed by atoms with Gasteiger partial charge in [-0.3, -0.25) is 0 Å².